The summed E-state index contributed by atoms with van der Waals surface area (Å²) in [6.07, 6.45) is 8.22. The Balaban J connectivity index is 1.54. The third-order valence-corrected chi connectivity index (χ3v) is 5.18. The number of carbonyl (C=O) groups is 1. The summed E-state index contributed by atoms with van der Waals surface area (Å²) in [6, 6.07) is 0. The predicted molar refractivity (Wildman–Crippen MR) is 77.1 cm³/mol. The molecule has 20 heavy (non-hydrogen) atoms. The maximum absolute atomic E-state index is 12.1. The SMILES string of the molecule is C=CCOCC(=C)C(=O)OC1C2CC3CC(C2)CC1C3. The summed E-state index contributed by atoms with van der Waals surface area (Å²) in [4.78, 5) is 12.1. The van der Waals surface area contributed by atoms with Crippen molar-refractivity contribution in [3.63, 3.8) is 0 Å². The van der Waals surface area contributed by atoms with E-state index in [2.05, 4.69) is 13.2 Å². The molecule has 0 aromatic carbocycles. The first-order valence-corrected chi connectivity index (χ1v) is 7.74. The van der Waals surface area contributed by atoms with E-state index in [-0.39, 0.29) is 18.7 Å². The van der Waals surface area contributed by atoms with Crippen LogP contribution in [-0.4, -0.2) is 25.3 Å². The van der Waals surface area contributed by atoms with Crippen LogP contribution in [0.3, 0.4) is 0 Å². The highest BCUT2D eigenvalue weighted by Gasteiger charge is 2.49. The summed E-state index contributed by atoms with van der Waals surface area (Å²) >= 11 is 0. The molecule has 0 aliphatic heterocycles. The summed E-state index contributed by atoms with van der Waals surface area (Å²) in [5, 5.41) is 0. The van der Waals surface area contributed by atoms with E-state index >= 15 is 0 Å². The van der Waals surface area contributed by atoms with Gasteiger partial charge in [-0.25, -0.2) is 4.79 Å². The minimum atomic E-state index is -0.272. The zero-order valence-corrected chi connectivity index (χ0v) is 12.1. The number of hydrogen-bond donors (Lipinski definition) is 0. The average molecular weight is 276 g/mol. The fourth-order valence-electron chi connectivity index (χ4n) is 4.60. The number of esters is 1. The second-order valence-electron chi connectivity index (χ2n) is 6.71. The minimum absolute atomic E-state index is 0.131. The van der Waals surface area contributed by atoms with Crippen molar-refractivity contribution >= 4 is 5.97 Å². The Bertz CT molecular complexity index is 384. The van der Waals surface area contributed by atoms with Crippen LogP contribution in [0.25, 0.3) is 0 Å². The van der Waals surface area contributed by atoms with E-state index in [0.717, 1.165) is 11.8 Å². The topological polar surface area (TPSA) is 35.5 Å². The molecule has 0 saturated heterocycles. The van der Waals surface area contributed by atoms with Crippen LogP contribution in [-0.2, 0) is 14.3 Å². The number of hydrogen-bond acceptors (Lipinski definition) is 3. The highest BCUT2D eigenvalue weighted by Crippen LogP contribution is 2.54. The molecular formula is C17H24O3. The molecule has 0 amide bonds. The van der Waals surface area contributed by atoms with Gasteiger partial charge in [-0.3, -0.25) is 0 Å². The molecule has 3 heteroatoms. The monoisotopic (exact) mass is 276 g/mol. The Kier molecular flexibility index (Phi) is 3.97. The second-order valence-corrected chi connectivity index (χ2v) is 6.71. The molecule has 0 N–H and O–H groups in total. The summed E-state index contributed by atoms with van der Waals surface area (Å²) in [6.45, 7) is 8.02. The smallest absolute Gasteiger partial charge is 0.336 e. The summed E-state index contributed by atoms with van der Waals surface area (Å²) < 4.78 is 11.0. The van der Waals surface area contributed by atoms with Crippen molar-refractivity contribution in [1.82, 2.24) is 0 Å². The van der Waals surface area contributed by atoms with Gasteiger partial charge in [0.25, 0.3) is 0 Å². The van der Waals surface area contributed by atoms with Crippen LogP contribution < -0.4 is 0 Å². The van der Waals surface area contributed by atoms with Crippen molar-refractivity contribution in [2.24, 2.45) is 23.7 Å². The second kappa shape index (κ2) is 5.72. The Morgan fingerprint density at radius 1 is 1.10 bits per heavy atom. The quantitative estimate of drug-likeness (QED) is 0.324. The molecule has 0 spiro atoms. The molecule has 0 aromatic rings. The van der Waals surface area contributed by atoms with Crippen LogP contribution in [0.4, 0.5) is 0 Å². The normalized spacial score (nSPS) is 37.7. The molecule has 3 nitrogen and oxygen atoms in total. The lowest BCUT2D eigenvalue weighted by atomic mass is 9.55. The van der Waals surface area contributed by atoms with Crippen LogP contribution in [0.2, 0.25) is 0 Å². The van der Waals surface area contributed by atoms with Gasteiger partial charge in [0.1, 0.15) is 6.10 Å². The van der Waals surface area contributed by atoms with E-state index in [1.54, 1.807) is 6.08 Å². The highest BCUT2D eigenvalue weighted by molar-refractivity contribution is 5.88. The van der Waals surface area contributed by atoms with Crippen LogP contribution in [0, 0.1) is 23.7 Å². The number of ether oxygens (including phenoxy) is 2. The number of carbonyl (C=O) groups excluding carboxylic acids is 1. The first-order valence-electron chi connectivity index (χ1n) is 7.74. The molecule has 110 valence electrons. The van der Waals surface area contributed by atoms with Gasteiger partial charge >= 0.3 is 5.97 Å². The van der Waals surface area contributed by atoms with Crippen molar-refractivity contribution in [3.8, 4) is 0 Å². The Morgan fingerprint density at radius 2 is 1.70 bits per heavy atom. The minimum Gasteiger partial charge on any atom is -0.458 e. The fourth-order valence-corrected chi connectivity index (χ4v) is 4.60. The van der Waals surface area contributed by atoms with Gasteiger partial charge in [-0.15, -0.1) is 6.58 Å². The van der Waals surface area contributed by atoms with Crippen molar-refractivity contribution < 1.29 is 14.3 Å². The van der Waals surface area contributed by atoms with Gasteiger partial charge in [-0.05, 0) is 55.8 Å². The third kappa shape index (κ3) is 2.69. The molecule has 0 unspecified atom stereocenters. The fraction of sp³-hybridized carbons (Fsp3) is 0.706. The highest BCUT2D eigenvalue weighted by atomic mass is 16.5. The zero-order valence-electron chi connectivity index (χ0n) is 12.1. The van der Waals surface area contributed by atoms with E-state index in [1.165, 1.54) is 32.1 Å². The van der Waals surface area contributed by atoms with Crippen LogP contribution in [0.15, 0.2) is 24.8 Å². The first kappa shape index (κ1) is 13.9. The van der Waals surface area contributed by atoms with E-state index in [4.69, 9.17) is 9.47 Å². The summed E-state index contributed by atoms with van der Waals surface area (Å²) in [7, 11) is 0. The summed E-state index contributed by atoms with van der Waals surface area (Å²) in [5.41, 5.74) is 0.417. The van der Waals surface area contributed by atoms with E-state index in [9.17, 15) is 4.79 Å². The average Bonchev–Trinajstić information content (AvgIpc) is 2.42. The largest absolute Gasteiger partial charge is 0.458 e. The van der Waals surface area contributed by atoms with Gasteiger partial charge in [0.05, 0.1) is 18.8 Å². The molecule has 4 aliphatic rings. The molecule has 0 heterocycles. The van der Waals surface area contributed by atoms with Gasteiger partial charge in [-0.1, -0.05) is 12.7 Å². The van der Waals surface area contributed by atoms with Crippen molar-refractivity contribution in [2.75, 3.05) is 13.2 Å². The predicted octanol–water partition coefficient (Wildman–Crippen LogP) is 3.11. The molecule has 4 aliphatic carbocycles. The molecule has 4 fully saturated rings. The lowest BCUT2D eigenvalue weighted by Gasteiger charge is -2.53. The van der Waals surface area contributed by atoms with Gasteiger partial charge in [0, 0.05) is 0 Å². The Morgan fingerprint density at radius 3 is 2.25 bits per heavy atom. The summed E-state index contributed by atoms with van der Waals surface area (Å²) in [5.74, 6) is 2.71. The Labute approximate surface area is 121 Å². The van der Waals surface area contributed by atoms with Crippen LogP contribution in [0.1, 0.15) is 32.1 Å². The van der Waals surface area contributed by atoms with E-state index in [1.807, 2.05) is 0 Å². The molecule has 0 radical (unpaired) electrons. The van der Waals surface area contributed by atoms with Crippen LogP contribution >= 0.6 is 0 Å². The first-order chi connectivity index (χ1) is 9.67. The molecule has 4 bridgehead atoms. The third-order valence-electron chi connectivity index (χ3n) is 5.18. The lowest BCUT2D eigenvalue weighted by molar-refractivity contribution is -0.166. The standard InChI is InChI=1S/C17H24O3/c1-3-4-19-10-11(2)17(18)20-16-14-6-12-5-13(8-14)9-15(16)7-12/h3,12-16H,1-2,4-10H2. The van der Waals surface area contributed by atoms with Gasteiger partial charge < -0.3 is 9.47 Å². The maximum Gasteiger partial charge on any atom is 0.336 e. The lowest BCUT2D eigenvalue weighted by Crippen LogP contribution is -2.50. The van der Waals surface area contributed by atoms with E-state index in [0.29, 0.717) is 24.0 Å². The van der Waals surface area contributed by atoms with E-state index < -0.39 is 0 Å². The van der Waals surface area contributed by atoms with Gasteiger partial charge in [0.15, 0.2) is 0 Å². The van der Waals surface area contributed by atoms with Crippen LogP contribution in [0.5, 0.6) is 0 Å². The molecule has 4 saturated carbocycles. The van der Waals surface area contributed by atoms with Gasteiger partial charge in [0.2, 0.25) is 0 Å². The van der Waals surface area contributed by atoms with Gasteiger partial charge in [-0.2, -0.15) is 0 Å². The molecular weight excluding hydrogens is 252 g/mol. The molecule has 0 atom stereocenters. The molecule has 0 aromatic heterocycles. The van der Waals surface area contributed by atoms with Crippen molar-refractivity contribution in [2.45, 2.75) is 38.2 Å². The van der Waals surface area contributed by atoms with Crippen molar-refractivity contribution in [3.05, 3.63) is 24.8 Å². The van der Waals surface area contributed by atoms with Crippen molar-refractivity contribution in [1.29, 1.82) is 0 Å². The maximum atomic E-state index is 12.1. The zero-order chi connectivity index (χ0) is 14.1. The Hall–Kier alpha value is -1.09. The molecule has 4 rings (SSSR count). The number of rotatable bonds is 6.